The van der Waals surface area contributed by atoms with Gasteiger partial charge in [0.2, 0.25) is 0 Å². The fourth-order valence-corrected chi connectivity index (χ4v) is 11.9. The van der Waals surface area contributed by atoms with Gasteiger partial charge in [0.15, 0.2) is 0 Å². The van der Waals surface area contributed by atoms with Crippen LogP contribution >= 0.6 is 0 Å². The summed E-state index contributed by atoms with van der Waals surface area (Å²) >= 11 is 0. The Balaban J connectivity index is 1.18. The number of rotatable bonds is 10. The second-order valence-corrected chi connectivity index (χ2v) is 23.3. The Morgan fingerprint density at radius 3 is 1.00 bits per heavy atom. The molecule has 0 saturated heterocycles. The summed E-state index contributed by atoms with van der Waals surface area (Å²) < 4.78 is 4.87. The maximum atomic E-state index is 10.6. The highest BCUT2D eigenvalue weighted by atomic mass is 15.2. The van der Waals surface area contributed by atoms with Crippen LogP contribution in [0.25, 0.3) is 77.2 Å². The fourth-order valence-electron chi connectivity index (χ4n) is 11.9. The van der Waals surface area contributed by atoms with Crippen molar-refractivity contribution in [3.8, 4) is 45.8 Å². The summed E-state index contributed by atoms with van der Waals surface area (Å²) in [5, 5.41) is 25.6. The molecule has 6 nitrogen and oxygen atoms in total. The van der Waals surface area contributed by atoms with Gasteiger partial charge in [-0.05, 0) is 167 Å². The first-order valence-electron chi connectivity index (χ1n) is 28.0. The van der Waals surface area contributed by atoms with Crippen molar-refractivity contribution in [1.82, 2.24) is 9.13 Å². The average molecular weight is 1060 g/mol. The Kier molecular flexibility index (Phi) is 12.7. The molecule has 0 radical (unpaired) electrons. The van der Waals surface area contributed by atoms with Crippen molar-refractivity contribution in [3.05, 3.63) is 277 Å². The summed E-state index contributed by atoms with van der Waals surface area (Å²) in [7, 11) is 0. The highest BCUT2D eigenvalue weighted by Gasteiger charge is 2.27. The number of hydrogen-bond donors (Lipinski definition) is 0. The lowest BCUT2D eigenvalue weighted by Gasteiger charge is -2.26. The first kappa shape index (κ1) is 51.1. The molecule has 0 unspecified atom stereocenters. The zero-order valence-corrected chi connectivity index (χ0v) is 46.9. The minimum absolute atomic E-state index is 0.128. The molecule has 2 heterocycles. The molecule has 394 valence electrons. The van der Waals surface area contributed by atoms with E-state index < -0.39 is 0 Å². The molecule has 0 bridgehead atoms. The number of anilines is 6. The Labute approximate surface area is 479 Å². The first-order chi connectivity index (χ1) is 39.8. The standard InChI is InChI=1S/C76H60N6/c1-75(2,3)55-33-37-63-64-38-34-56(76(4,5)6)44-72(64)82(71(63)43-55)74-48-65(53-23-19-21-51(41-53)49-77)73(47-66(74)54-24-20-22-52(42-54)50-78)81-69-39-35-61(79(57-25-11-7-12-26-57)58-27-13-8-14-28-58)45-67(69)68-46-62(36-40-70(68)81)80(59-29-15-9-16-30-59)60-31-17-10-18-32-60/h7-48H,1-6H3. The van der Waals surface area contributed by atoms with E-state index in [-0.39, 0.29) is 10.8 Å². The molecule has 0 saturated carbocycles. The van der Waals surface area contributed by atoms with Crippen LogP contribution in [-0.2, 0) is 10.8 Å². The molecule has 11 aromatic carbocycles. The van der Waals surface area contributed by atoms with E-state index in [1.165, 1.54) is 11.1 Å². The lowest BCUT2D eigenvalue weighted by atomic mass is 9.86. The van der Waals surface area contributed by atoms with E-state index in [1.54, 1.807) is 0 Å². The molecule has 82 heavy (non-hydrogen) atoms. The van der Waals surface area contributed by atoms with Crippen LogP contribution in [-0.4, -0.2) is 9.13 Å². The summed E-state index contributed by atoms with van der Waals surface area (Å²) in [6.07, 6.45) is 0. The van der Waals surface area contributed by atoms with Crippen LogP contribution < -0.4 is 9.80 Å². The number of fused-ring (bicyclic) bond motifs is 6. The number of nitrogens with zero attached hydrogens (tertiary/aromatic N) is 6. The van der Waals surface area contributed by atoms with Gasteiger partial charge in [-0.1, -0.05) is 163 Å². The Hall–Kier alpha value is -10.4. The molecule has 0 amide bonds. The molecule has 2 aromatic heterocycles. The van der Waals surface area contributed by atoms with Crippen LogP contribution in [0.15, 0.2) is 255 Å². The molecule has 0 aliphatic heterocycles. The summed E-state index contributed by atoms with van der Waals surface area (Å²) in [5.74, 6) is 0. The second kappa shape index (κ2) is 20.4. The van der Waals surface area contributed by atoms with E-state index in [2.05, 4.69) is 291 Å². The molecule has 13 aromatic rings. The molecule has 0 aliphatic carbocycles. The first-order valence-corrected chi connectivity index (χ1v) is 28.0. The lowest BCUT2D eigenvalue weighted by Crippen LogP contribution is -2.11. The molecule has 13 rings (SSSR count). The summed E-state index contributed by atoms with van der Waals surface area (Å²) in [4.78, 5) is 4.64. The van der Waals surface area contributed by atoms with E-state index in [0.717, 1.165) is 111 Å². The molecule has 0 spiro atoms. The maximum absolute atomic E-state index is 10.6. The van der Waals surface area contributed by atoms with Crippen molar-refractivity contribution in [2.75, 3.05) is 9.80 Å². The van der Waals surface area contributed by atoms with E-state index >= 15 is 0 Å². The van der Waals surface area contributed by atoms with Gasteiger partial charge >= 0.3 is 0 Å². The van der Waals surface area contributed by atoms with Crippen LogP contribution in [0, 0.1) is 22.7 Å². The van der Waals surface area contributed by atoms with Gasteiger partial charge < -0.3 is 18.9 Å². The number of hydrogen-bond acceptors (Lipinski definition) is 4. The highest BCUT2D eigenvalue weighted by molar-refractivity contribution is 6.14. The predicted molar refractivity (Wildman–Crippen MR) is 342 cm³/mol. The van der Waals surface area contributed by atoms with E-state index in [9.17, 15) is 10.5 Å². The smallest absolute Gasteiger partial charge is 0.0991 e. The maximum Gasteiger partial charge on any atom is 0.0991 e. The third kappa shape index (κ3) is 9.11. The monoisotopic (exact) mass is 1060 g/mol. The molecule has 0 N–H and O–H groups in total. The zero-order valence-electron chi connectivity index (χ0n) is 46.9. The lowest BCUT2D eigenvalue weighted by molar-refractivity contribution is 0.591. The van der Waals surface area contributed by atoms with Gasteiger partial charge in [-0.15, -0.1) is 0 Å². The van der Waals surface area contributed by atoms with Crippen LogP contribution in [0.1, 0.15) is 63.8 Å². The van der Waals surface area contributed by atoms with Crippen molar-refractivity contribution in [2.24, 2.45) is 0 Å². The molecular formula is C76H60N6. The van der Waals surface area contributed by atoms with E-state index in [0.29, 0.717) is 11.1 Å². The van der Waals surface area contributed by atoms with Crippen molar-refractivity contribution in [1.29, 1.82) is 10.5 Å². The molecule has 0 aliphatic rings. The van der Waals surface area contributed by atoms with Crippen molar-refractivity contribution in [2.45, 2.75) is 52.4 Å². The van der Waals surface area contributed by atoms with Gasteiger partial charge in [-0.25, -0.2) is 0 Å². The van der Waals surface area contributed by atoms with Crippen LogP contribution in [0.3, 0.4) is 0 Å². The zero-order chi connectivity index (χ0) is 56.3. The quantitative estimate of drug-likeness (QED) is 0.137. The largest absolute Gasteiger partial charge is 0.310 e. The molecule has 6 heteroatoms. The summed E-state index contributed by atoms with van der Waals surface area (Å²) in [5.41, 5.74) is 19.4. The SMILES string of the molecule is CC(C)(C)c1ccc2c3ccc(C(C)(C)C)cc3n(-c3cc(-c4cccc(C#N)c4)c(-n4c5ccc(N(c6ccccc6)c6ccccc6)cc5c5cc(N(c6ccccc6)c6ccccc6)ccc54)cc3-c3cccc(C#N)c3)c2c1. The minimum atomic E-state index is -0.128. The second-order valence-electron chi connectivity index (χ2n) is 23.3. The Bertz CT molecular complexity index is 4370. The van der Waals surface area contributed by atoms with Gasteiger partial charge in [0.1, 0.15) is 0 Å². The third-order valence-corrected chi connectivity index (χ3v) is 16.0. The fraction of sp³-hybridized carbons (Fsp3) is 0.105. The van der Waals surface area contributed by atoms with Gasteiger partial charge in [-0.3, -0.25) is 0 Å². The predicted octanol–water partition coefficient (Wildman–Crippen LogP) is 20.5. The summed E-state index contributed by atoms with van der Waals surface area (Å²) in [6.45, 7) is 13.6. The normalized spacial score (nSPS) is 11.8. The van der Waals surface area contributed by atoms with Gasteiger partial charge in [-0.2, -0.15) is 10.5 Å². The minimum Gasteiger partial charge on any atom is -0.310 e. The number of para-hydroxylation sites is 4. The number of aromatic nitrogens is 2. The van der Waals surface area contributed by atoms with Gasteiger partial charge in [0.05, 0.1) is 56.7 Å². The number of benzene rings is 11. The van der Waals surface area contributed by atoms with Gasteiger partial charge in [0, 0.05) is 66.8 Å². The Morgan fingerprint density at radius 2 is 0.659 bits per heavy atom. The van der Waals surface area contributed by atoms with Crippen molar-refractivity contribution < 1.29 is 0 Å². The molecule has 0 atom stereocenters. The van der Waals surface area contributed by atoms with Crippen molar-refractivity contribution >= 4 is 77.7 Å². The molecular weight excluding hydrogens is 997 g/mol. The van der Waals surface area contributed by atoms with Crippen LogP contribution in [0.4, 0.5) is 34.1 Å². The highest BCUT2D eigenvalue weighted by Crippen LogP contribution is 2.48. The molecule has 0 fully saturated rings. The topological polar surface area (TPSA) is 63.9 Å². The van der Waals surface area contributed by atoms with Crippen molar-refractivity contribution in [3.63, 3.8) is 0 Å². The number of nitriles is 2. The van der Waals surface area contributed by atoms with E-state index in [1.807, 2.05) is 36.4 Å². The van der Waals surface area contributed by atoms with Crippen LogP contribution in [0.2, 0.25) is 0 Å². The Morgan fingerprint density at radius 1 is 0.305 bits per heavy atom. The van der Waals surface area contributed by atoms with Gasteiger partial charge in [0.25, 0.3) is 0 Å². The van der Waals surface area contributed by atoms with E-state index in [4.69, 9.17) is 0 Å². The average Bonchev–Trinajstić information content (AvgIpc) is 4.03. The summed E-state index contributed by atoms with van der Waals surface area (Å²) in [6, 6.07) is 95.4. The van der Waals surface area contributed by atoms with Crippen LogP contribution in [0.5, 0.6) is 0 Å². The third-order valence-electron chi connectivity index (χ3n) is 16.0.